The number of piperidine rings is 1. The third-order valence-corrected chi connectivity index (χ3v) is 6.91. The predicted molar refractivity (Wildman–Crippen MR) is 71.9 cm³/mol. The Bertz CT molecular complexity index is 246. The number of hydrogen-bond acceptors (Lipinski definition) is 3. The van der Waals surface area contributed by atoms with Crippen molar-refractivity contribution >= 4 is 9.45 Å². The van der Waals surface area contributed by atoms with Crippen LogP contribution < -0.4 is 0 Å². The molecule has 0 aromatic heterocycles. The van der Waals surface area contributed by atoms with Crippen molar-refractivity contribution < 1.29 is 8.85 Å². The van der Waals surface area contributed by atoms with Gasteiger partial charge in [-0.2, -0.15) is 0 Å². The van der Waals surface area contributed by atoms with Crippen LogP contribution in [0.25, 0.3) is 0 Å². The molecule has 0 aromatic carbocycles. The first-order valence-corrected chi connectivity index (χ1v) is 8.46. The Morgan fingerprint density at radius 3 is 2.41 bits per heavy atom. The number of fused-ring (bicyclic) bond motifs is 1. The monoisotopic (exact) mass is 257 g/mol. The third kappa shape index (κ3) is 2.60. The van der Waals surface area contributed by atoms with E-state index in [1.807, 2.05) is 0 Å². The quantitative estimate of drug-likeness (QED) is 0.723. The molecule has 4 heteroatoms. The smallest absolute Gasteiger partial charge is 0.388 e. The Labute approximate surface area is 107 Å². The number of rotatable bonds is 3. The maximum absolute atomic E-state index is 5.61. The standard InChI is InChI=1S/C13H27NO2Si/c1-10-7-8-12-6-5-9-14(13(12)11(10)2)17(15-3)16-4/h10-13,17H,5-9H2,1-4H3. The molecule has 0 bridgehead atoms. The van der Waals surface area contributed by atoms with Crippen molar-refractivity contribution in [3.05, 3.63) is 0 Å². The van der Waals surface area contributed by atoms with E-state index in [2.05, 4.69) is 18.4 Å². The second-order valence-electron chi connectivity index (χ2n) is 5.82. The fourth-order valence-corrected chi connectivity index (χ4v) is 5.79. The molecule has 0 spiro atoms. The fourth-order valence-electron chi connectivity index (χ4n) is 3.86. The van der Waals surface area contributed by atoms with Crippen molar-refractivity contribution in [3.8, 4) is 0 Å². The van der Waals surface area contributed by atoms with Gasteiger partial charge in [0, 0.05) is 20.3 Å². The number of nitrogens with zero attached hydrogens (tertiary/aromatic N) is 1. The first kappa shape index (κ1) is 13.5. The highest BCUT2D eigenvalue weighted by Gasteiger charge is 2.43. The topological polar surface area (TPSA) is 21.7 Å². The Morgan fingerprint density at radius 1 is 1.06 bits per heavy atom. The lowest BCUT2D eigenvalue weighted by Gasteiger charge is -2.50. The molecule has 1 saturated heterocycles. The minimum absolute atomic E-state index is 0.712. The second-order valence-corrected chi connectivity index (χ2v) is 8.04. The summed E-state index contributed by atoms with van der Waals surface area (Å²) in [4.78, 5) is 0. The zero-order chi connectivity index (χ0) is 12.4. The molecule has 0 N–H and O–H groups in total. The van der Waals surface area contributed by atoms with Crippen molar-refractivity contribution in [1.29, 1.82) is 0 Å². The molecule has 100 valence electrons. The molecular formula is C13H27NO2Si. The molecule has 2 rings (SSSR count). The molecule has 4 atom stereocenters. The lowest BCUT2D eigenvalue weighted by atomic mass is 9.69. The Hall–Kier alpha value is 0.0969. The molecule has 2 aliphatic rings. The lowest BCUT2D eigenvalue weighted by Crippen LogP contribution is -2.59. The molecule has 0 amide bonds. The van der Waals surface area contributed by atoms with Gasteiger partial charge in [0.25, 0.3) is 0 Å². The van der Waals surface area contributed by atoms with E-state index in [4.69, 9.17) is 8.85 Å². The Balaban J connectivity index is 2.14. The van der Waals surface area contributed by atoms with Gasteiger partial charge in [0.1, 0.15) is 0 Å². The molecule has 1 heterocycles. The highest BCUT2D eigenvalue weighted by molar-refractivity contribution is 6.41. The van der Waals surface area contributed by atoms with Crippen LogP contribution >= 0.6 is 0 Å². The van der Waals surface area contributed by atoms with E-state index < -0.39 is 9.45 Å². The van der Waals surface area contributed by atoms with Gasteiger partial charge in [0.2, 0.25) is 0 Å². The van der Waals surface area contributed by atoms with Gasteiger partial charge in [0.15, 0.2) is 0 Å². The van der Waals surface area contributed by atoms with Crippen LogP contribution in [-0.4, -0.2) is 40.8 Å². The van der Waals surface area contributed by atoms with Gasteiger partial charge >= 0.3 is 9.45 Å². The maximum Gasteiger partial charge on any atom is 0.410 e. The largest absolute Gasteiger partial charge is 0.410 e. The normalized spacial score (nSPS) is 39.4. The minimum Gasteiger partial charge on any atom is -0.388 e. The maximum atomic E-state index is 5.61. The van der Waals surface area contributed by atoms with Crippen LogP contribution in [0.4, 0.5) is 0 Å². The fraction of sp³-hybridized carbons (Fsp3) is 1.00. The van der Waals surface area contributed by atoms with Crippen molar-refractivity contribution in [3.63, 3.8) is 0 Å². The summed E-state index contributed by atoms with van der Waals surface area (Å²) in [6.45, 7) is 6.01. The molecule has 4 unspecified atom stereocenters. The first-order chi connectivity index (χ1) is 8.19. The molecule has 1 saturated carbocycles. The van der Waals surface area contributed by atoms with E-state index in [9.17, 15) is 0 Å². The van der Waals surface area contributed by atoms with E-state index in [0.29, 0.717) is 6.04 Å². The Morgan fingerprint density at radius 2 is 1.76 bits per heavy atom. The van der Waals surface area contributed by atoms with Gasteiger partial charge in [0.05, 0.1) is 0 Å². The van der Waals surface area contributed by atoms with Crippen LogP contribution in [0.1, 0.15) is 39.5 Å². The van der Waals surface area contributed by atoms with Crippen molar-refractivity contribution in [2.45, 2.75) is 45.6 Å². The summed E-state index contributed by atoms with van der Waals surface area (Å²) in [5, 5.41) is 0. The summed E-state index contributed by atoms with van der Waals surface area (Å²) in [7, 11) is 2.01. The molecule has 0 radical (unpaired) electrons. The van der Waals surface area contributed by atoms with Gasteiger partial charge in [-0.05, 0) is 43.6 Å². The molecule has 1 aliphatic carbocycles. The van der Waals surface area contributed by atoms with Gasteiger partial charge in [-0.15, -0.1) is 0 Å². The van der Waals surface area contributed by atoms with Crippen LogP contribution in [0.3, 0.4) is 0 Å². The van der Waals surface area contributed by atoms with Crippen LogP contribution in [0, 0.1) is 17.8 Å². The molecule has 0 aromatic rings. The average Bonchev–Trinajstić information content (AvgIpc) is 2.35. The summed E-state index contributed by atoms with van der Waals surface area (Å²) >= 11 is 0. The molecule has 1 aliphatic heterocycles. The summed E-state index contributed by atoms with van der Waals surface area (Å²) in [5.41, 5.74) is 0. The zero-order valence-corrected chi connectivity index (χ0v) is 12.8. The van der Waals surface area contributed by atoms with Gasteiger partial charge in [-0.1, -0.05) is 20.3 Å². The third-order valence-electron chi connectivity index (χ3n) is 4.96. The molecule has 3 nitrogen and oxygen atoms in total. The molecule has 17 heavy (non-hydrogen) atoms. The van der Waals surface area contributed by atoms with Crippen molar-refractivity contribution in [2.75, 3.05) is 20.8 Å². The van der Waals surface area contributed by atoms with E-state index >= 15 is 0 Å². The summed E-state index contributed by atoms with van der Waals surface area (Å²) < 4.78 is 13.8. The van der Waals surface area contributed by atoms with Crippen molar-refractivity contribution in [1.82, 2.24) is 4.57 Å². The molecular weight excluding hydrogens is 230 g/mol. The van der Waals surface area contributed by atoms with E-state index in [1.54, 1.807) is 14.2 Å². The first-order valence-electron chi connectivity index (χ1n) is 7.00. The summed E-state index contributed by atoms with van der Waals surface area (Å²) in [6, 6.07) is 0.712. The Kier molecular flexibility index (Phi) is 4.63. The predicted octanol–water partition coefficient (Wildman–Crippen LogP) is 2.14. The minimum atomic E-state index is -1.60. The van der Waals surface area contributed by atoms with Gasteiger partial charge < -0.3 is 8.85 Å². The molecule has 2 fully saturated rings. The second kappa shape index (κ2) is 5.82. The van der Waals surface area contributed by atoms with Crippen LogP contribution in [0.15, 0.2) is 0 Å². The van der Waals surface area contributed by atoms with E-state index in [-0.39, 0.29) is 0 Å². The summed E-state index contributed by atoms with van der Waals surface area (Å²) in [5.74, 6) is 2.52. The zero-order valence-electron chi connectivity index (χ0n) is 11.7. The average molecular weight is 257 g/mol. The van der Waals surface area contributed by atoms with Crippen LogP contribution in [0.5, 0.6) is 0 Å². The summed E-state index contributed by atoms with van der Waals surface area (Å²) in [6.07, 6.45) is 5.54. The van der Waals surface area contributed by atoms with Crippen molar-refractivity contribution in [2.24, 2.45) is 17.8 Å². The van der Waals surface area contributed by atoms with Crippen LogP contribution in [-0.2, 0) is 8.85 Å². The van der Waals surface area contributed by atoms with Gasteiger partial charge in [-0.25, -0.2) is 0 Å². The number of hydrogen-bond donors (Lipinski definition) is 0. The highest BCUT2D eigenvalue weighted by atomic mass is 28.3. The lowest BCUT2D eigenvalue weighted by molar-refractivity contribution is 0.0221. The van der Waals surface area contributed by atoms with Gasteiger partial charge in [-0.3, -0.25) is 4.57 Å². The van der Waals surface area contributed by atoms with E-state index in [1.165, 1.54) is 32.2 Å². The SMILES string of the molecule is CO[SiH](OC)N1CCCC2CCC(C)C(C)C21. The highest BCUT2D eigenvalue weighted by Crippen LogP contribution is 2.41. The van der Waals surface area contributed by atoms with E-state index in [0.717, 1.165) is 17.8 Å². The van der Waals surface area contributed by atoms with Crippen LogP contribution in [0.2, 0.25) is 0 Å².